The van der Waals surface area contributed by atoms with Crippen molar-refractivity contribution in [3.8, 4) is 0 Å². The third kappa shape index (κ3) is 5.25. The normalized spacial score (nSPS) is 20.4. The molecule has 2 aromatic rings. The molecule has 8 heteroatoms. The topological polar surface area (TPSA) is 64.4 Å². The van der Waals surface area contributed by atoms with Crippen LogP contribution >= 0.6 is 0 Å². The first kappa shape index (κ1) is 23.4. The van der Waals surface area contributed by atoms with Crippen molar-refractivity contribution in [2.24, 2.45) is 11.8 Å². The first-order valence-electron chi connectivity index (χ1n) is 11.8. The smallest absolute Gasteiger partial charge is 0.308 e. The van der Waals surface area contributed by atoms with Crippen molar-refractivity contribution >= 4 is 11.9 Å². The first-order valence-corrected chi connectivity index (χ1v) is 11.8. The number of aromatic nitrogens is 2. The van der Waals surface area contributed by atoms with Gasteiger partial charge in [-0.3, -0.25) is 14.3 Å². The number of rotatable bonds is 6. The zero-order valence-corrected chi connectivity index (χ0v) is 19.3. The number of carbonyl (C=O) groups is 2. The highest BCUT2D eigenvalue weighted by Gasteiger charge is 2.31. The lowest BCUT2D eigenvalue weighted by atomic mass is 9.80. The molecule has 0 N–H and O–H groups in total. The van der Waals surface area contributed by atoms with Crippen LogP contribution in [0.4, 0.5) is 8.78 Å². The molecule has 1 aromatic heterocycles. The van der Waals surface area contributed by atoms with Gasteiger partial charge < -0.3 is 9.64 Å². The molecule has 33 heavy (non-hydrogen) atoms. The average molecular weight is 460 g/mol. The Morgan fingerprint density at radius 1 is 1.18 bits per heavy atom. The fourth-order valence-corrected chi connectivity index (χ4v) is 5.07. The first-order chi connectivity index (χ1) is 15.9. The van der Waals surface area contributed by atoms with Gasteiger partial charge in [0, 0.05) is 24.6 Å². The van der Waals surface area contributed by atoms with Gasteiger partial charge in [0.05, 0.1) is 37.0 Å². The quantitative estimate of drug-likeness (QED) is 0.609. The Bertz CT molecular complexity index is 1030. The highest BCUT2D eigenvalue weighted by molar-refractivity contribution is 5.77. The summed E-state index contributed by atoms with van der Waals surface area (Å²) in [6, 6.07) is 3.56. The third-order valence-electron chi connectivity index (χ3n) is 6.96. The van der Waals surface area contributed by atoms with Gasteiger partial charge in [-0.1, -0.05) is 6.07 Å². The molecule has 2 heterocycles. The Hall–Kier alpha value is -2.77. The number of ether oxygens (including phenoxy) is 1. The van der Waals surface area contributed by atoms with Gasteiger partial charge in [-0.25, -0.2) is 8.78 Å². The molecular weight excluding hydrogens is 428 g/mol. The van der Waals surface area contributed by atoms with Crippen LogP contribution in [0.3, 0.4) is 0 Å². The van der Waals surface area contributed by atoms with Crippen molar-refractivity contribution in [2.75, 3.05) is 13.2 Å². The summed E-state index contributed by atoms with van der Waals surface area (Å²) >= 11 is 0. The SMILES string of the molecule is CCOC(=O)C1CCC(CC(=O)N2CCc3c(C)nn(Cc4ccc(F)cc4F)c3C2)CC1. The molecule has 2 aliphatic rings. The van der Waals surface area contributed by atoms with Crippen LogP contribution < -0.4 is 0 Å². The number of nitrogens with zero attached hydrogens (tertiary/aromatic N) is 3. The molecule has 1 amide bonds. The van der Waals surface area contributed by atoms with E-state index in [-0.39, 0.29) is 30.3 Å². The number of carbonyl (C=O) groups excluding carboxylic acids is 2. The number of halogens is 2. The molecule has 1 aliphatic heterocycles. The Kier molecular flexibility index (Phi) is 7.10. The average Bonchev–Trinajstić information content (AvgIpc) is 3.11. The molecule has 0 atom stereocenters. The molecule has 0 radical (unpaired) electrons. The zero-order valence-electron chi connectivity index (χ0n) is 19.3. The summed E-state index contributed by atoms with van der Waals surface area (Å²) < 4.78 is 34.3. The number of amides is 1. The predicted molar refractivity (Wildman–Crippen MR) is 118 cm³/mol. The van der Waals surface area contributed by atoms with Crippen molar-refractivity contribution in [3.63, 3.8) is 0 Å². The fraction of sp³-hybridized carbons (Fsp3) is 0.560. The van der Waals surface area contributed by atoms with Gasteiger partial charge in [0.15, 0.2) is 0 Å². The molecule has 1 aromatic carbocycles. The molecule has 0 unspecified atom stereocenters. The van der Waals surface area contributed by atoms with Gasteiger partial charge in [0.1, 0.15) is 11.6 Å². The molecule has 4 rings (SSSR count). The van der Waals surface area contributed by atoms with Gasteiger partial charge in [-0.15, -0.1) is 0 Å². The maximum atomic E-state index is 14.2. The van der Waals surface area contributed by atoms with Crippen molar-refractivity contribution in [1.82, 2.24) is 14.7 Å². The van der Waals surface area contributed by atoms with E-state index in [1.54, 1.807) is 4.68 Å². The van der Waals surface area contributed by atoms with Gasteiger partial charge in [0.25, 0.3) is 0 Å². The standard InChI is InChI=1S/C25H31F2N3O3/c1-3-33-25(32)18-6-4-17(5-7-18)12-24(31)29-11-10-21-16(2)28-30(23(21)15-29)14-19-8-9-20(26)13-22(19)27/h8-9,13,17-18H,3-7,10-12,14-15H2,1-2H3. The number of esters is 1. The summed E-state index contributed by atoms with van der Waals surface area (Å²) in [5.41, 5.74) is 3.28. The van der Waals surface area contributed by atoms with E-state index in [1.165, 1.54) is 12.1 Å². The number of aryl methyl sites for hydroxylation is 1. The number of hydrogen-bond acceptors (Lipinski definition) is 4. The molecule has 0 spiro atoms. The van der Waals surface area contributed by atoms with Crippen molar-refractivity contribution in [3.05, 3.63) is 52.3 Å². The Morgan fingerprint density at radius 2 is 1.94 bits per heavy atom. The highest BCUT2D eigenvalue weighted by Crippen LogP contribution is 2.33. The van der Waals surface area contributed by atoms with Crippen LogP contribution in [0.25, 0.3) is 0 Å². The van der Waals surface area contributed by atoms with Gasteiger partial charge in [-0.05, 0) is 63.5 Å². The lowest BCUT2D eigenvalue weighted by Crippen LogP contribution is -2.38. The Morgan fingerprint density at radius 3 is 2.64 bits per heavy atom. The number of benzene rings is 1. The minimum atomic E-state index is -0.608. The van der Waals surface area contributed by atoms with E-state index in [0.717, 1.165) is 48.7 Å². The molecule has 6 nitrogen and oxygen atoms in total. The van der Waals surface area contributed by atoms with Crippen molar-refractivity contribution in [2.45, 2.75) is 65.5 Å². The molecule has 0 bridgehead atoms. The van der Waals surface area contributed by atoms with Crippen LogP contribution in [0, 0.1) is 30.4 Å². The number of hydrogen-bond donors (Lipinski definition) is 0. The second kappa shape index (κ2) is 10.0. The van der Waals surface area contributed by atoms with Crippen LogP contribution in [-0.2, 0) is 33.8 Å². The van der Waals surface area contributed by atoms with Crippen LogP contribution in [0.2, 0.25) is 0 Å². The van der Waals surface area contributed by atoms with E-state index in [1.807, 2.05) is 18.7 Å². The number of fused-ring (bicyclic) bond motifs is 1. The van der Waals surface area contributed by atoms with E-state index >= 15 is 0 Å². The highest BCUT2D eigenvalue weighted by atomic mass is 19.1. The summed E-state index contributed by atoms with van der Waals surface area (Å²) in [6.07, 6.45) is 4.45. The van der Waals surface area contributed by atoms with E-state index in [2.05, 4.69) is 5.10 Å². The van der Waals surface area contributed by atoms with Gasteiger partial charge in [-0.2, -0.15) is 5.10 Å². The minimum absolute atomic E-state index is 0.0435. The lowest BCUT2D eigenvalue weighted by Gasteiger charge is -2.31. The third-order valence-corrected chi connectivity index (χ3v) is 6.96. The van der Waals surface area contributed by atoms with Crippen LogP contribution in [0.5, 0.6) is 0 Å². The molecule has 178 valence electrons. The minimum Gasteiger partial charge on any atom is -0.466 e. The van der Waals surface area contributed by atoms with Crippen molar-refractivity contribution < 1.29 is 23.1 Å². The molecule has 1 saturated carbocycles. The van der Waals surface area contributed by atoms with Gasteiger partial charge in [0.2, 0.25) is 5.91 Å². The molecule has 1 fully saturated rings. The second-order valence-corrected chi connectivity index (χ2v) is 9.14. The van der Waals surface area contributed by atoms with Crippen LogP contribution in [0.15, 0.2) is 18.2 Å². The fourth-order valence-electron chi connectivity index (χ4n) is 5.07. The summed E-state index contributed by atoms with van der Waals surface area (Å²) in [5.74, 6) is -0.977. The van der Waals surface area contributed by atoms with E-state index in [9.17, 15) is 18.4 Å². The zero-order chi connectivity index (χ0) is 23.5. The van der Waals surface area contributed by atoms with Crippen LogP contribution in [0.1, 0.15) is 61.5 Å². The van der Waals surface area contributed by atoms with E-state index in [0.29, 0.717) is 38.1 Å². The monoisotopic (exact) mass is 459 g/mol. The van der Waals surface area contributed by atoms with Crippen molar-refractivity contribution in [1.29, 1.82) is 0 Å². The lowest BCUT2D eigenvalue weighted by molar-refractivity contribution is -0.149. The van der Waals surface area contributed by atoms with Gasteiger partial charge >= 0.3 is 5.97 Å². The Balaban J connectivity index is 1.38. The second-order valence-electron chi connectivity index (χ2n) is 9.14. The summed E-state index contributed by atoms with van der Waals surface area (Å²) in [4.78, 5) is 26.9. The predicted octanol–water partition coefficient (Wildman–Crippen LogP) is 4.16. The summed E-state index contributed by atoms with van der Waals surface area (Å²) in [7, 11) is 0. The Labute approximate surface area is 192 Å². The van der Waals surface area contributed by atoms with E-state index < -0.39 is 11.6 Å². The maximum absolute atomic E-state index is 14.2. The van der Waals surface area contributed by atoms with E-state index in [4.69, 9.17) is 4.74 Å². The van der Waals surface area contributed by atoms with Crippen LogP contribution in [-0.4, -0.2) is 39.7 Å². The maximum Gasteiger partial charge on any atom is 0.308 e. The molecule has 1 aliphatic carbocycles. The summed E-state index contributed by atoms with van der Waals surface area (Å²) in [5, 5.41) is 4.57. The molecule has 0 saturated heterocycles. The summed E-state index contributed by atoms with van der Waals surface area (Å²) in [6.45, 7) is 5.42. The largest absolute Gasteiger partial charge is 0.466 e. The molecular formula is C25H31F2N3O3.